The van der Waals surface area contributed by atoms with Crippen LogP contribution >= 0.6 is 0 Å². The monoisotopic (exact) mass is 192 g/mol. The van der Waals surface area contributed by atoms with Crippen LogP contribution in [-0.2, 0) is 0 Å². The van der Waals surface area contributed by atoms with E-state index in [0.29, 0.717) is 11.2 Å². The van der Waals surface area contributed by atoms with Crippen LogP contribution in [0.5, 0.6) is 0 Å². The summed E-state index contributed by atoms with van der Waals surface area (Å²) in [5.41, 5.74) is 1.59. The summed E-state index contributed by atoms with van der Waals surface area (Å²) in [4.78, 5) is 15.4. The third-order valence-electron chi connectivity index (χ3n) is 2.02. The van der Waals surface area contributed by atoms with E-state index < -0.39 is 5.82 Å². The lowest BCUT2D eigenvalue weighted by Crippen LogP contribution is -1.99. The van der Waals surface area contributed by atoms with Gasteiger partial charge in [0.25, 0.3) is 0 Å². The Balaban J connectivity index is 2.85. The van der Waals surface area contributed by atoms with Crippen LogP contribution in [0.3, 0.4) is 0 Å². The van der Waals surface area contributed by atoms with E-state index in [2.05, 4.69) is 4.98 Å². The van der Waals surface area contributed by atoms with E-state index in [1.54, 1.807) is 13.1 Å². The summed E-state index contributed by atoms with van der Waals surface area (Å²) in [7, 11) is 0. The molecule has 2 heterocycles. The van der Waals surface area contributed by atoms with E-state index in [1.165, 1.54) is 23.6 Å². The summed E-state index contributed by atoms with van der Waals surface area (Å²) in [5.74, 6) is -0.611. The smallest absolute Gasteiger partial charge is 0.163 e. The standard InChI is InChI=1S/C10H9FN2O/c1-6-4-13-5-8(11)3-9(7(2)14)10(13)12-6/h3-5H,1-2H3. The van der Waals surface area contributed by atoms with Crippen molar-refractivity contribution >= 4 is 11.4 Å². The van der Waals surface area contributed by atoms with Crippen molar-refractivity contribution in [3.63, 3.8) is 0 Å². The van der Waals surface area contributed by atoms with Gasteiger partial charge in [0.2, 0.25) is 0 Å². The molecule has 0 aliphatic heterocycles. The number of carbonyl (C=O) groups excluding carboxylic acids is 1. The van der Waals surface area contributed by atoms with E-state index in [1.807, 2.05) is 0 Å². The molecule has 72 valence electrons. The second-order valence-electron chi connectivity index (χ2n) is 3.24. The number of pyridine rings is 1. The predicted octanol–water partition coefficient (Wildman–Crippen LogP) is 1.98. The molecule has 0 atom stereocenters. The maximum absolute atomic E-state index is 13.1. The largest absolute Gasteiger partial charge is 0.303 e. The molecule has 4 heteroatoms. The molecule has 0 saturated heterocycles. The summed E-state index contributed by atoms with van der Waals surface area (Å²) in [5, 5.41) is 0. The first-order chi connectivity index (χ1) is 6.58. The van der Waals surface area contributed by atoms with Crippen molar-refractivity contribution in [2.75, 3.05) is 0 Å². The third-order valence-corrected chi connectivity index (χ3v) is 2.02. The SMILES string of the molecule is CC(=O)c1cc(F)cn2cc(C)nc12. The summed E-state index contributed by atoms with van der Waals surface area (Å²) >= 11 is 0. The minimum atomic E-state index is -0.430. The van der Waals surface area contributed by atoms with E-state index in [9.17, 15) is 9.18 Å². The molecule has 0 aliphatic carbocycles. The maximum Gasteiger partial charge on any atom is 0.163 e. The van der Waals surface area contributed by atoms with Crippen molar-refractivity contribution < 1.29 is 9.18 Å². The Morgan fingerprint density at radius 1 is 1.50 bits per heavy atom. The van der Waals surface area contributed by atoms with Crippen LogP contribution in [0.4, 0.5) is 4.39 Å². The van der Waals surface area contributed by atoms with E-state index in [4.69, 9.17) is 0 Å². The first-order valence-corrected chi connectivity index (χ1v) is 4.24. The second kappa shape index (κ2) is 2.90. The first kappa shape index (κ1) is 8.87. The molecule has 0 aliphatic rings. The number of hydrogen-bond donors (Lipinski definition) is 0. The minimum Gasteiger partial charge on any atom is -0.303 e. The van der Waals surface area contributed by atoms with Crippen LogP contribution in [0, 0.1) is 12.7 Å². The molecular formula is C10H9FN2O. The molecular weight excluding hydrogens is 183 g/mol. The second-order valence-corrected chi connectivity index (χ2v) is 3.24. The zero-order valence-corrected chi connectivity index (χ0v) is 7.91. The Morgan fingerprint density at radius 3 is 2.86 bits per heavy atom. The summed E-state index contributed by atoms with van der Waals surface area (Å²) < 4.78 is 14.6. The highest BCUT2D eigenvalue weighted by Crippen LogP contribution is 2.13. The van der Waals surface area contributed by atoms with Crippen LogP contribution < -0.4 is 0 Å². The van der Waals surface area contributed by atoms with Crippen LogP contribution in [0.1, 0.15) is 23.0 Å². The van der Waals surface area contributed by atoms with Gasteiger partial charge in [-0.1, -0.05) is 0 Å². The Hall–Kier alpha value is -1.71. The van der Waals surface area contributed by atoms with Gasteiger partial charge in [-0.05, 0) is 19.9 Å². The number of Topliss-reactive ketones (excluding diaryl/α,β-unsaturated/α-hetero) is 1. The molecule has 2 aromatic heterocycles. The molecule has 0 N–H and O–H groups in total. The average molecular weight is 192 g/mol. The molecule has 0 aromatic carbocycles. The van der Waals surface area contributed by atoms with Gasteiger partial charge in [-0.15, -0.1) is 0 Å². The molecule has 2 aromatic rings. The topological polar surface area (TPSA) is 34.4 Å². The van der Waals surface area contributed by atoms with Gasteiger partial charge in [0.1, 0.15) is 11.5 Å². The van der Waals surface area contributed by atoms with Gasteiger partial charge in [-0.2, -0.15) is 0 Å². The van der Waals surface area contributed by atoms with Gasteiger partial charge >= 0.3 is 0 Å². The lowest BCUT2D eigenvalue weighted by molar-refractivity contribution is 0.101. The van der Waals surface area contributed by atoms with Gasteiger partial charge in [-0.3, -0.25) is 4.79 Å². The number of aryl methyl sites for hydroxylation is 1. The van der Waals surface area contributed by atoms with Gasteiger partial charge in [-0.25, -0.2) is 9.37 Å². The number of nitrogens with zero attached hydrogens (tertiary/aromatic N) is 2. The predicted molar refractivity (Wildman–Crippen MR) is 49.9 cm³/mol. The highest BCUT2D eigenvalue weighted by atomic mass is 19.1. The quantitative estimate of drug-likeness (QED) is 0.647. The molecule has 0 radical (unpaired) electrons. The lowest BCUT2D eigenvalue weighted by Gasteiger charge is -1.99. The number of fused-ring (bicyclic) bond motifs is 1. The van der Waals surface area contributed by atoms with Crippen LogP contribution in [0.2, 0.25) is 0 Å². The van der Waals surface area contributed by atoms with Gasteiger partial charge in [0.15, 0.2) is 5.78 Å². The highest BCUT2D eigenvalue weighted by molar-refractivity contribution is 5.99. The molecule has 0 fully saturated rings. The van der Waals surface area contributed by atoms with Crippen molar-refractivity contribution in [2.45, 2.75) is 13.8 Å². The highest BCUT2D eigenvalue weighted by Gasteiger charge is 2.10. The Labute approximate surface area is 80.2 Å². The average Bonchev–Trinajstić information content (AvgIpc) is 2.42. The van der Waals surface area contributed by atoms with E-state index in [-0.39, 0.29) is 5.78 Å². The normalized spacial score (nSPS) is 10.8. The molecule has 0 bridgehead atoms. The Kier molecular flexibility index (Phi) is 1.84. The van der Waals surface area contributed by atoms with Gasteiger partial charge in [0, 0.05) is 12.4 Å². The number of ketones is 1. The Morgan fingerprint density at radius 2 is 2.21 bits per heavy atom. The molecule has 0 unspecified atom stereocenters. The van der Waals surface area contributed by atoms with Crippen molar-refractivity contribution in [1.29, 1.82) is 0 Å². The van der Waals surface area contributed by atoms with Crippen LogP contribution in [0.15, 0.2) is 18.5 Å². The molecule has 14 heavy (non-hydrogen) atoms. The first-order valence-electron chi connectivity index (χ1n) is 4.24. The van der Waals surface area contributed by atoms with Crippen molar-refractivity contribution in [1.82, 2.24) is 9.38 Å². The fraction of sp³-hybridized carbons (Fsp3) is 0.200. The molecule has 2 rings (SSSR count). The summed E-state index contributed by atoms with van der Waals surface area (Å²) in [6, 6.07) is 1.21. The van der Waals surface area contributed by atoms with Crippen molar-refractivity contribution in [3.8, 4) is 0 Å². The fourth-order valence-electron chi connectivity index (χ4n) is 1.45. The van der Waals surface area contributed by atoms with Crippen LogP contribution in [-0.4, -0.2) is 15.2 Å². The fourth-order valence-corrected chi connectivity index (χ4v) is 1.45. The van der Waals surface area contributed by atoms with E-state index in [0.717, 1.165) is 5.69 Å². The maximum atomic E-state index is 13.1. The zero-order valence-electron chi connectivity index (χ0n) is 7.91. The molecule has 0 amide bonds. The molecule has 0 spiro atoms. The number of imidazole rings is 1. The number of halogens is 1. The number of carbonyl (C=O) groups is 1. The summed E-state index contributed by atoms with van der Waals surface area (Å²) in [6.45, 7) is 3.20. The number of rotatable bonds is 1. The van der Waals surface area contributed by atoms with Gasteiger partial charge in [0.05, 0.1) is 11.3 Å². The summed E-state index contributed by atoms with van der Waals surface area (Å²) in [6.07, 6.45) is 2.99. The minimum absolute atomic E-state index is 0.180. The molecule has 0 saturated carbocycles. The third kappa shape index (κ3) is 1.28. The van der Waals surface area contributed by atoms with Crippen molar-refractivity contribution in [2.24, 2.45) is 0 Å². The Bertz CT molecular complexity index is 516. The lowest BCUT2D eigenvalue weighted by atomic mass is 10.2. The van der Waals surface area contributed by atoms with Crippen LogP contribution in [0.25, 0.3) is 5.65 Å². The zero-order chi connectivity index (χ0) is 10.3. The van der Waals surface area contributed by atoms with E-state index >= 15 is 0 Å². The van der Waals surface area contributed by atoms with Gasteiger partial charge < -0.3 is 4.40 Å². The number of aromatic nitrogens is 2. The molecule has 3 nitrogen and oxygen atoms in total. The van der Waals surface area contributed by atoms with Crippen molar-refractivity contribution in [3.05, 3.63) is 35.5 Å². The number of hydrogen-bond acceptors (Lipinski definition) is 2.